The highest BCUT2D eigenvalue weighted by Gasteiger charge is 2.27. The Hall–Kier alpha value is -1.59. The second kappa shape index (κ2) is 8.19. The lowest BCUT2D eigenvalue weighted by atomic mass is 10.1. The fraction of sp³-hybridized carbons (Fsp3) is 0.650. The topological polar surface area (TPSA) is 36.0 Å². The molecule has 3 rings (SSSR count). The molecular weight excluding hydrogens is 314 g/mol. The number of rotatable bonds is 5. The highest BCUT2D eigenvalue weighted by Crippen LogP contribution is 2.27. The lowest BCUT2D eigenvalue weighted by Crippen LogP contribution is -2.52. The number of carbonyl (C=O) groups excluding carboxylic acids is 1. The maximum atomic E-state index is 13.2. The predicted molar refractivity (Wildman–Crippen MR) is 101 cm³/mol. The molecule has 0 saturated carbocycles. The Bertz CT molecular complexity index is 591. The van der Waals surface area contributed by atoms with Gasteiger partial charge in [-0.05, 0) is 38.8 Å². The summed E-state index contributed by atoms with van der Waals surface area (Å²) in [5.74, 6) is 0.185. The molecule has 1 aromatic carbocycles. The first-order valence-corrected chi connectivity index (χ1v) is 9.48. The van der Waals surface area contributed by atoms with Crippen LogP contribution in [0.25, 0.3) is 0 Å². The van der Waals surface area contributed by atoms with Gasteiger partial charge < -0.3 is 14.5 Å². The van der Waals surface area contributed by atoms with Gasteiger partial charge in [-0.1, -0.05) is 11.6 Å². The molecule has 0 radical (unpaired) electrons. The zero-order valence-electron chi connectivity index (χ0n) is 15.8. The van der Waals surface area contributed by atoms with E-state index in [0.29, 0.717) is 6.04 Å². The molecule has 1 aromatic rings. The van der Waals surface area contributed by atoms with E-state index < -0.39 is 0 Å². The van der Waals surface area contributed by atoms with Gasteiger partial charge in [0.25, 0.3) is 5.91 Å². The number of hydrogen-bond acceptors (Lipinski definition) is 4. The molecule has 5 nitrogen and oxygen atoms in total. The first-order chi connectivity index (χ1) is 12.1. The van der Waals surface area contributed by atoms with Gasteiger partial charge in [0, 0.05) is 58.1 Å². The molecule has 138 valence electrons. The van der Waals surface area contributed by atoms with Crippen molar-refractivity contribution >= 4 is 11.6 Å². The average molecular weight is 345 g/mol. The fourth-order valence-electron chi connectivity index (χ4n) is 3.94. The molecule has 0 unspecified atom stereocenters. The summed E-state index contributed by atoms with van der Waals surface area (Å²) < 4.78 is 5.26. The summed E-state index contributed by atoms with van der Waals surface area (Å²) in [4.78, 5) is 20.0. The van der Waals surface area contributed by atoms with Gasteiger partial charge in [-0.15, -0.1) is 0 Å². The molecule has 2 aliphatic rings. The second-order valence-corrected chi connectivity index (χ2v) is 7.35. The van der Waals surface area contributed by atoms with Gasteiger partial charge in [-0.3, -0.25) is 9.69 Å². The normalized spacial score (nSPS) is 20.1. The number of amides is 1. The lowest BCUT2D eigenvalue weighted by molar-refractivity contribution is 0.0449. The van der Waals surface area contributed by atoms with Crippen LogP contribution in [0.1, 0.15) is 35.7 Å². The Balaban J connectivity index is 1.70. The summed E-state index contributed by atoms with van der Waals surface area (Å²) in [5, 5.41) is 0. The van der Waals surface area contributed by atoms with Crippen molar-refractivity contribution < 1.29 is 9.53 Å². The van der Waals surface area contributed by atoms with E-state index in [2.05, 4.69) is 41.8 Å². The Labute approximate surface area is 151 Å². The zero-order chi connectivity index (χ0) is 17.8. The van der Waals surface area contributed by atoms with Crippen LogP contribution < -0.4 is 4.90 Å². The van der Waals surface area contributed by atoms with Crippen molar-refractivity contribution in [2.75, 3.05) is 57.9 Å². The molecule has 1 amide bonds. The van der Waals surface area contributed by atoms with E-state index in [1.807, 2.05) is 4.90 Å². The third-order valence-corrected chi connectivity index (χ3v) is 5.46. The maximum absolute atomic E-state index is 13.2. The number of anilines is 1. The van der Waals surface area contributed by atoms with Crippen LogP contribution in [0.2, 0.25) is 0 Å². The average Bonchev–Trinajstić information content (AvgIpc) is 3.16. The van der Waals surface area contributed by atoms with Gasteiger partial charge in [0.15, 0.2) is 0 Å². The summed E-state index contributed by atoms with van der Waals surface area (Å²) in [7, 11) is 1.74. The van der Waals surface area contributed by atoms with Gasteiger partial charge in [0.1, 0.15) is 0 Å². The van der Waals surface area contributed by atoms with E-state index in [-0.39, 0.29) is 5.91 Å². The lowest BCUT2D eigenvalue weighted by Gasteiger charge is -2.38. The van der Waals surface area contributed by atoms with Crippen LogP contribution in [0.5, 0.6) is 0 Å². The molecule has 2 aliphatic heterocycles. The Morgan fingerprint density at radius 2 is 1.80 bits per heavy atom. The van der Waals surface area contributed by atoms with E-state index in [0.717, 1.165) is 62.7 Å². The van der Waals surface area contributed by atoms with Crippen LogP contribution in [0.4, 0.5) is 5.69 Å². The summed E-state index contributed by atoms with van der Waals surface area (Å²) >= 11 is 0. The monoisotopic (exact) mass is 345 g/mol. The van der Waals surface area contributed by atoms with Crippen molar-refractivity contribution in [3.8, 4) is 0 Å². The van der Waals surface area contributed by atoms with Crippen LogP contribution >= 0.6 is 0 Å². The summed E-state index contributed by atoms with van der Waals surface area (Å²) in [6.45, 7) is 10.5. The number of hydrogen-bond donors (Lipinski definition) is 0. The van der Waals surface area contributed by atoms with E-state index in [9.17, 15) is 4.79 Å². The van der Waals surface area contributed by atoms with Crippen molar-refractivity contribution in [1.82, 2.24) is 9.80 Å². The van der Waals surface area contributed by atoms with Crippen LogP contribution in [0.15, 0.2) is 18.2 Å². The molecule has 0 spiro atoms. The quantitative estimate of drug-likeness (QED) is 0.821. The van der Waals surface area contributed by atoms with Crippen molar-refractivity contribution in [2.24, 2.45) is 0 Å². The van der Waals surface area contributed by atoms with E-state index in [1.54, 1.807) is 7.11 Å². The van der Waals surface area contributed by atoms with Crippen LogP contribution in [0.3, 0.4) is 0 Å². The number of ether oxygens (including phenoxy) is 1. The molecule has 5 heteroatoms. The highest BCUT2D eigenvalue weighted by atomic mass is 16.5. The van der Waals surface area contributed by atoms with Gasteiger partial charge in [0.05, 0.1) is 12.2 Å². The molecule has 2 saturated heterocycles. The Kier molecular flexibility index (Phi) is 5.97. The number of piperazine rings is 1. The van der Waals surface area contributed by atoms with Gasteiger partial charge in [0.2, 0.25) is 0 Å². The third kappa shape index (κ3) is 4.15. The minimum absolute atomic E-state index is 0.185. The third-order valence-electron chi connectivity index (χ3n) is 5.46. The number of methoxy groups -OCH3 is 1. The van der Waals surface area contributed by atoms with Crippen LogP contribution in [0, 0.1) is 6.92 Å². The molecule has 1 atom stereocenters. The van der Waals surface area contributed by atoms with Crippen molar-refractivity contribution in [2.45, 2.75) is 32.7 Å². The highest BCUT2D eigenvalue weighted by molar-refractivity contribution is 6.00. The summed E-state index contributed by atoms with van der Waals surface area (Å²) in [6, 6.07) is 6.72. The molecule has 25 heavy (non-hydrogen) atoms. The molecule has 0 N–H and O–H groups in total. The van der Waals surface area contributed by atoms with Crippen molar-refractivity contribution in [3.05, 3.63) is 29.3 Å². The van der Waals surface area contributed by atoms with Crippen LogP contribution in [-0.4, -0.2) is 74.7 Å². The standard InChI is InChI=1S/C20H31N3O2/c1-16-6-7-19(22-8-4-5-9-22)18(14-16)20(24)23-12-10-21(11-13-23)17(2)15-25-3/h6-7,14,17H,4-5,8-13,15H2,1-3H3/t17-/m0/s1. The molecule has 0 bridgehead atoms. The number of aryl methyl sites for hydroxylation is 1. The van der Waals surface area contributed by atoms with Crippen molar-refractivity contribution in [1.29, 1.82) is 0 Å². The molecule has 0 aliphatic carbocycles. The zero-order valence-corrected chi connectivity index (χ0v) is 15.8. The number of carbonyl (C=O) groups is 1. The van der Waals surface area contributed by atoms with Gasteiger partial charge in [-0.25, -0.2) is 0 Å². The van der Waals surface area contributed by atoms with Gasteiger partial charge in [-0.2, -0.15) is 0 Å². The Morgan fingerprint density at radius 1 is 1.12 bits per heavy atom. The minimum atomic E-state index is 0.185. The number of benzene rings is 1. The first-order valence-electron chi connectivity index (χ1n) is 9.48. The Morgan fingerprint density at radius 3 is 2.44 bits per heavy atom. The first kappa shape index (κ1) is 18.2. The SMILES string of the molecule is COC[C@H](C)N1CCN(C(=O)c2cc(C)ccc2N2CCCC2)CC1. The fourth-order valence-corrected chi connectivity index (χ4v) is 3.94. The second-order valence-electron chi connectivity index (χ2n) is 7.35. The van der Waals surface area contributed by atoms with Crippen molar-refractivity contribution in [3.63, 3.8) is 0 Å². The largest absolute Gasteiger partial charge is 0.383 e. The molecule has 2 heterocycles. The van der Waals surface area contributed by atoms with E-state index >= 15 is 0 Å². The molecule has 0 aromatic heterocycles. The maximum Gasteiger partial charge on any atom is 0.256 e. The predicted octanol–water partition coefficient (Wildman–Crippen LogP) is 2.39. The molecule has 2 fully saturated rings. The van der Waals surface area contributed by atoms with E-state index in [4.69, 9.17) is 4.74 Å². The minimum Gasteiger partial charge on any atom is -0.383 e. The number of nitrogens with zero attached hydrogens (tertiary/aromatic N) is 3. The summed E-state index contributed by atoms with van der Waals surface area (Å²) in [5.41, 5.74) is 3.14. The van der Waals surface area contributed by atoms with E-state index in [1.165, 1.54) is 12.8 Å². The van der Waals surface area contributed by atoms with Gasteiger partial charge >= 0.3 is 0 Å². The smallest absolute Gasteiger partial charge is 0.256 e. The summed E-state index contributed by atoms with van der Waals surface area (Å²) in [6.07, 6.45) is 2.44. The molecular formula is C20H31N3O2. The van der Waals surface area contributed by atoms with Crippen LogP contribution in [-0.2, 0) is 4.74 Å².